The van der Waals surface area contributed by atoms with Gasteiger partial charge in [0.05, 0.1) is 6.61 Å². The Hall–Kier alpha value is -1.32. The van der Waals surface area contributed by atoms with E-state index >= 15 is 0 Å². The predicted molar refractivity (Wildman–Crippen MR) is 91.8 cm³/mol. The van der Waals surface area contributed by atoms with Crippen molar-refractivity contribution in [2.24, 2.45) is 0 Å². The lowest BCUT2D eigenvalue weighted by Gasteiger charge is -2.21. The summed E-state index contributed by atoms with van der Waals surface area (Å²) < 4.78 is 29.3. The van der Waals surface area contributed by atoms with E-state index in [-0.39, 0.29) is 6.61 Å². The van der Waals surface area contributed by atoms with Gasteiger partial charge in [-0.15, -0.1) is 0 Å². The van der Waals surface area contributed by atoms with Gasteiger partial charge in [-0.3, -0.25) is 9.05 Å². The van der Waals surface area contributed by atoms with Crippen LogP contribution in [0.15, 0.2) is 48.5 Å². The lowest BCUT2D eigenvalue weighted by molar-refractivity contribution is 0.142. The number of hydrogen-bond donors (Lipinski definition) is 0. The number of rotatable bonds is 7. The first-order chi connectivity index (χ1) is 10.9. The third kappa shape index (κ3) is 5.36. The normalized spacial score (nSPS) is 15.0. The highest BCUT2D eigenvalue weighted by atomic mass is 35.5. The minimum Gasteiger partial charge on any atom is -0.403 e. The van der Waals surface area contributed by atoms with Gasteiger partial charge in [-0.1, -0.05) is 60.1 Å². The van der Waals surface area contributed by atoms with Crippen LogP contribution in [-0.4, -0.2) is 5.56 Å². The topological polar surface area (TPSA) is 44.8 Å². The van der Waals surface area contributed by atoms with Gasteiger partial charge in [0.2, 0.25) is 0 Å². The average Bonchev–Trinajstić information content (AvgIpc) is 2.50. The standard InChI is InChI=1S/C17H20ClO4P/c1-13-8-7-9-14(2)17(13)22-23(19,21-15(3)18)20-12-16-10-5-4-6-11-16/h4-11,15H,12H2,1-3H3. The first-order valence-corrected chi connectivity index (χ1v) is 9.16. The largest absolute Gasteiger partial charge is 0.531 e. The van der Waals surface area contributed by atoms with Gasteiger partial charge in [-0.25, -0.2) is 4.57 Å². The van der Waals surface area contributed by atoms with Crippen LogP contribution in [0, 0.1) is 13.8 Å². The lowest BCUT2D eigenvalue weighted by atomic mass is 10.1. The highest BCUT2D eigenvalue weighted by Gasteiger charge is 2.32. The van der Waals surface area contributed by atoms with Crippen molar-refractivity contribution in [3.05, 3.63) is 65.2 Å². The monoisotopic (exact) mass is 354 g/mol. The summed E-state index contributed by atoms with van der Waals surface area (Å²) in [5, 5.41) is 0. The number of halogens is 1. The van der Waals surface area contributed by atoms with Crippen molar-refractivity contribution in [1.82, 2.24) is 0 Å². The third-order valence-corrected chi connectivity index (χ3v) is 4.76. The summed E-state index contributed by atoms with van der Waals surface area (Å²) in [7, 11) is -3.85. The van der Waals surface area contributed by atoms with E-state index in [9.17, 15) is 4.57 Å². The van der Waals surface area contributed by atoms with E-state index in [1.54, 1.807) is 6.92 Å². The van der Waals surface area contributed by atoms with Crippen LogP contribution in [0.3, 0.4) is 0 Å². The summed E-state index contributed by atoms with van der Waals surface area (Å²) in [6.45, 7) is 5.41. The molecule has 0 aliphatic rings. The quantitative estimate of drug-likeness (QED) is 0.479. The molecule has 2 aromatic carbocycles. The molecule has 0 aromatic heterocycles. The Bertz CT molecular complexity index is 668. The van der Waals surface area contributed by atoms with Gasteiger partial charge < -0.3 is 4.52 Å². The fraction of sp³-hybridized carbons (Fsp3) is 0.294. The highest BCUT2D eigenvalue weighted by molar-refractivity contribution is 7.49. The Morgan fingerprint density at radius 2 is 1.65 bits per heavy atom. The second kappa shape index (κ2) is 7.98. The summed E-state index contributed by atoms with van der Waals surface area (Å²) >= 11 is 5.84. The minimum absolute atomic E-state index is 0.104. The van der Waals surface area contributed by atoms with Gasteiger partial charge in [0.1, 0.15) is 11.3 Å². The summed E-state index contributed by atoms with van der Waals surface area (Å²) in [4.78, 5) is 0. The maximum absolute atomic E-state index is 12.9. The van der Waals surface area contributed by atoms with Gasteiger partial charge in [0, 0.05) is 0 Å². The van der Waals surface area contributed by atoms with Crippen molar-refractivity contribution in [2.75, 3.05) is 0 Å². The fourth-order valence-electron chi connectivity index (χ4n) is 2.04. The first-order valence-electron chi connectivity index (χ1n) is 7.26. The SMILES string of the molecule is Cc1cccc(C)c1OP(=O)(OCc1ccccc1)OC(C)Cl. The van der Waals surface area contributed by atoms with E-state index < -0.39 is 13.4 Å². The Kier molecular flexibility index (Phi) is 6.25. The van der Waals surface area contributed by atoms with Gasteiger partial charge in [-0.05, 0) is 37.5 Å². The van der Waals surface area contributed by atoms with E-state index in [0.717, 1.165) is 16.7 Å². The van der Waals surface area contributed by atoms with Crippen LogP contribution in [0.25, 0.3) is 0 Å². The van der Waals surface area contributed by atoms with Crippen molar-refractivity contribution in [2.45, 2.75) is 32.9 Å². The fourth-order valence-corrected chi connectivity index (χ4v) is 3.66. The molecule has 0 fully saturated rings. The molecule has 0 saturated carbocycles. The lowest BCUT2D eigenvalue weighted by Crippen LogP contribution is -2.08. The molecule has 0 radical (unpaired) electrons. The van der Waals surface area contributed by atoms with Crippen LogP contribution in [-0.2, 0) is 20.2 Å². The first kappa shape index (κ1) is 18.0. The van der Waals surface area contributed by atoms with Crippen LogP contribution >= 0.6 is 19.4 Å². The molecule has 0 N–H and O–H groups in total. The van der Waals surface area contributed by atoms with Crippen molar-refractivity contribution >= 4 is 19.4 Å². The maximum Gasteiger partial charge on any atom is 0.531 e. The van der Waals surface area contributed by atoms with Gasteiger partial charge >= 0.3 is 7.82 Å². The minimum atomic E-state index is -3.85. The summed E-state index contributed by atoms with van der Waals surface area (Å²) in [5.41, 5.74) is 1.75. The van der Waals surface area contributed by atoms with E-state index in [1.807, 2.05) is 62.4 Å². The Morgan fingerprint density at radius 3 is 2.22 bits per heavy atom. The van der Waals surface area contributed by atoms with Crippen molar-refractivity contribution < 1.29 is 18.1 Å². The number of phosphoric acid groups is 1. The van der Waals surface area contributed by atoms with Gasteiger partial charge in [0.25, 0.3) is 0 Å². The van der Waals surface area contributed by atoms with Crippen LogP contribution in [0.4, 0.5) is 0 Å². The molecule has 0 amide bonds. The summed E-state index contributed by atoms with van der Waals surface area (Å²) in [6, 6.07) is 15.0. The molecule has 6 heteroatoms. The molecule has 0 aliphatic carbocycles. The molecule has 23 heavy (non-hydrogen) atoms. The highest BCUT2D eigenvalue weighted by Crippen LogP contribution is 2.52. The number of hydrogen-bond acceptors (Lipinski definition) is 4. The second-order valence-electron chi connectivity index (χ2n) is 5.17. The smallest absolute Gasteiger partial charge is 0.403 e. The Balaban J connectivity index is 2.20. The number of phosphoric ester groups is 1. The molecule has 0 heterocycles. The molecule has 0 bridgehead atoms. The van der Waals surface area contributed by atoms with E-state index in [0.29, 0.717) is 5.75 Å². The van der Waals surface area contributed by atoms with E-state index in [1.165, 1.54) is 0 Å². The zero-order valence-electron chi connectivity index (χ0n) is 13.4. The Morgan fingerprint density at radius 1 is 1.04 bits per heavy atom. The second-order valence-corrected chi connectivity index (χ2v) is 7.33. The molecule has 2 unspecified atom stereocenters. The zero-order chi connectivity index (χ0) is 16.9. The zero-order valence-corrected chi connectivity index (χ0v) is 15.0. The van der Waals surface area contributed by atoms with Crippen molar-refractivity contribution in [3.8, 4) is 5.75 Å². The van der Waals surface area contributed by atoms with Crippen LogP contribution in [0.5, 0.6) is 5.75 Å². The molecular formula is C17H20ClO4P. The van der Waals surface area contributed by atoms with Crippen LogP contribution in [0.2, 0.25) is 0 Å². The molecule has 0 spiro atoms. The molecule has 0 saturated heterocycles. The van der Waals surface area contributed by atoms with Gasteiger partial charge in [-0.2, -0.15) is 0 Å². The number of aryl methyl sites for hydroxylation is 2. The maximum atomic E-state index is 12.9. The van der Waals surface area contributed by atoms with Gasteiger partial charge in [0.15, 0.2) is 0 Å². The number of benzene rings is 2. The van der Waals surface area contributed by atoms with E-state index in [2.05, 4.69) is 0 Å². The molecule has 0 aliphatic heterocycles. The molecular weight excluding hydrogens is 335 g/mol. The molecule has 124 valence electrons. The number of para-hydroxylation sites is 1. The molecule has 2 rings (SSSR count). The average molecular weight is 355 g/mol. The predicted octanol–water partition coefficient (Wildman–Crippen LogP) is 5.61. The molecule has 2 aromatic rings. The van der Waals surface area contributed by atoms with E-state index in [4.69, 9.17) is 25.2 Å². The van der Waals surface area contributed by atoms with Crippen LogP contribution < -0.4 is 4.52 Å². The summed E-state index contributed by atoms with van der Waals surface area (Å²) in [5.74, 6) is 0.487. The molecule has 4 nitrogen and oxygen atoms in total. The third-order valence-electron chi connectivity index (χ3n) is 3.12. The Labute approximate surface area is 142 Å². The molecule has 2 atom stereocenters. The summed E-state index contributed by atoms with van der Waals surface area (Å²) in [6.07, 6.45) is 0. The van der Waals surface area contributed by atoms with Crippen molar-refractivity contribution in [1.29, 1.82) is 0 Å². The number of alkyl halides is 1. The van der Waals surface area contributed by atoms with Crippen molar-refractivity contribution in [3.63, 3.8) is 0 Å². The van der Waals surface area contributed by atoms with Crippen LogP contribution in [0.1, 0.15) is 23.6 Å².